The van der Waals surface area contributed by atoms with Crippen molar-refractivity contribution in [2.24, 2.45) is 0 Å². The number of thioether (sulfide) groups is 1. The summed E-state index contributed by atoms with van der Waals surface area (Å²) in [5.74, 6) is 0. The molecule has 0 aromatic rings. The Labute approximate surface area is 110 Å². The van der Waals surface area contributed by atoms with E-state index in [0.717, 1.165) is 10.5 Å². The molecule has 0 nitrogen and oxygen atoms in total. The minimum atomic E-state index is 1.15. The Morgan fingerprint density at radius 3 is 2.00 bits per heavy atom. The molecule has 0 radical (unpaired) electrons. The van der Waals surface area contributed by atoms with Crippen LogP contribution in [0.4, 0.5) is 0 Å². The zero-order valence-electron chi connectivity index (χ0n) is 11.3. The van der Waals surface area contributed by atoms with Crippen molar-refractivity contribution in [1.82, 2.24) is 0 Å². The molecular weight excluding hydrogens is 224 g/mol. The van der Waals surface area contributed by atoms with Gasteiger partial charge in [0.15, 0.2) is 0 Å². The van der Waals surface area contributed by atoms with Crippen molar-refractivity contribution < 1.29 is 0 Å². The fraction of sp³-hybridized carbons (Fsp3) is 0.250. The number of hydrogen-bond acceptors (Lipinski definition) is 1. The molecule has 0 spiro atoms. The van der Waals surface area contributed by atoms with Gasteiger partial charge >= 0.3 is 0 Å². The maximum atomic E-state index is 3.84. The fourth-order valence-corrected chi connectivity index (χ4v) is 1.84. The molecule has 0 unspecified atom stereocenters. The van der Waals surface area contributed by atoms with Gasteiger partial charge in [-0.25, -0.2) is 0 Å². The third-order valence-electron chi connectivity index (χ3n) is 1.99. The van der Waals surface area contributed by atoms with E-state index in [0.29, 0.717) is 0 Å². The number of hydrogen-bond donors (Lipinski definition) is 0. The Bertz CT molecular complexity index is 386. The van der Waals surface area contributed by atoms with Crippen molar-refractivity contribution in [3.05, 3.63) is 70.6 Å². The molecule has 92 valence electrons. The molecule has 0 aromatic carbocycles. The summed E-state index contributed by atoms with van der Waals surface area (Å²) in [7, 11) is 0. The molecule has 0 saturated heterocycles. The summed E-state index contributed by atoms with van der Waals surface area (Å²) < 4.78 is 0. The highest BCUT2D eigenvalue weighted by Gasteiger charge is 1.97. The number of rotatable bonds is 6. The van der Waals surface area contributed by atoms with Crippen LogP contribution in [0, 0.1) is 0 Å². The van der Waals surface area contributed by atoms with E-state index in [-0.39, 0.29) is 0 Å². The van der Waals surface area contributed by atoms with Crippen LogP contribution in [0.25, 0.3) is 0 Å². The molecule has 0 aliphatic heterocycles. The third-order valence-corrected chi connectivity index (χ3v) is 3.12. The topological polar surface area (TPSA) is 0 Å². The van der Waals surface area contributed by atoms with Crippen LogP contribution in [0.5, 0.6) is 0 Å². The Morgan fingerprint density at radius 2 is 1.59 bits per heavy atom. The van der Waals surface area contributed by atoms with Crippen molar-refractivity contribution in [3.8, 4) is 0 Å². The monoisotopic (exact) mass is 246 g/mol. The summed E-state index contributed by atoms with van der Waals surface area (Å²) in [4.78, 5) is 2.35. The van der Waals surface area contributed by atoms with Gasteiger partial charge in [-0.1, -0.05) is 60.4 Å². The van der Waals surface area contributed by atoms with Crippen molar-refractivity contribution in [3.63, 3.8) is 0 Å². The van der Waals surface area contributed by atoms with Crippen LogP contribution in [0.1, 0.15) is 27.7 Å². The van der Waals surface area contributed by atoms with Crippen LogP contribution >= 0.6 is 11.8 Å². The quantitative estimate of drug-likeness (QED) is 0.534. The molecule has 0 fully saturated rings. The van der Waals surface area contributed by atoms with Gasteiger partial charge in [-0.3, -0.25) is 0 Å². The van der Waals surface area contributed by atoms with Gasteiger partial charge in [0.2, 0.25) is 0 Å². The lowest BCUT2D eigenvalue weighted by Crippen LogP contribution is -1.76. The molecule has 0 amide bonds. The molecule has 0 aliphatic carbocycles. The Hall–Kier alpha value is -1.21. The van der Waals surface area contributed by atoms with Crippen LogP contribution < -0.4 is 0 Å². The zero-order valence-corrected chi connectivity index (χ0v) is 12.1. The molecule has 0 aromatic heterocycles. The van der Waals surface area contributed by atoms with Crippen molar-refractivity contribution >= 4 is 11.8 Å². The lowest BCUT2D eigenvalue weighted by Gasteiger charge is -2.03. The summed E-state index contributed by atoms with van der Waals surface area (Å²) in [5, 5.41) is 0. The van der Waals surface area contributed by atoms with Crippen LogP contribution in [0.2, 0.25) is 0 Å². The molecule has 17 heavy (non-hydrogen) atoms. The average molecular weight is 246 g/mol. The largest absolute Gasteiger partial charge is 0.0988 e. The third kappa shape index (κ3) is 7.64. The summed E-state index contributed by atoms with van der Waals surface area (Å²) in [6, 6.07) is 0. The van der Waals surface area contributed by atoms with E-state index in [9.17, 15) is 0 Å². The molecule has 0 heterocycles. The smallest absolute Gasteiger partial charge is 0.0116 e. The lowest BCUT2D eigenvalue weighted by molar-refractivity contribution is 1.39. The van der Waals surface area contributed by atoms with Crippen molar-refractivity contribution in [2.45, 2.75) is 27.7 Å². The summed E-state index contributed by atoms with van der Waals surface area (Å²) in [5.41, 5.74) is 2.45. The van der Waals surface area contributed by atoms with Crippen LogP contribution in [-0.2, 0) is 0 Å². The van der Waals surface area contributed by atoms with Crippen LogP contribution in [-0.4, -0.2) is 0 Å². The van der Waals surface area contributed by atoms with Crippen molar-refractivity contribution in [2.75, 3.05) is 0 Å². The van der Waals surface area contributed by atoms with Gasteiger partial charge in [0.1, 0.15) is 0 Å². The minimum absolute atomic E-state index is 1.15. The molecule has 1 heteroatoms. The first-order chi connectivity index (χ1) is 8.03. The molecule has 0 saturated carbocycles. The minimum Gasteiger partial charge on any atom is -0.0988 e. The molecule has 0 rings (SSSR count). The van der Waals surface area contributed by atoms with Gasteiger partial charge < -0.3 is 0 Å². The molecule has 0 bridgehead atoms. The highest BCUT2D eigenvalue weighted by atomic mass is 32.2. The maximum Gasteiger partial charge on any atom is 0.0116 e. The average Bonchev–Trinajstić information content (AvgIpc) is 2.32. The van der Waals surface area contributed by atoms with Crippen LogP contribution in [0.15, 0.2) is 70.6 Å². The van der Waals surface area contributed by atoms with Gasteiger partial charge in [-0.15, -0.1) is 0 Å². The molecule has 0 aliphatic rings. The summed E-state index contributed by atoms with van der Waals surface area (Å²) in [6.45, 7) is 15.8. The van der Waals surface area contributed by atoms with E-state index in [2.05, 4.69) is 51.3 Å². The van der Waals surface area contributed by atoms with E-state index < -0.39 is 0 Å². The van der Waals surface area contributed by atoms with E-state index >= 15 is 0 Å². The van der Waals surface area contributed by atoms with Gasteiger partial charge in [-0.05, 0) is 39.8 Å². The lowest BCUT2D eigenvalue weighted by atomic mass is 10.3. The standard InChI is InChI=1S/C16H22S/c1-7-14(6)12-16(9-3)17-15(8-2)11-10-13(4)5/h7-12H,1-2H2,3-6H3/b14-12-,15-11+,16-9+. The Balaban J connectivity index is 4.89. The first-order valence-corrected chi connectivity index (χ1v) is 6.47. The second kappa shape index (κ2) is 8.89. The van der Waals surface area contributed by atoms with Crippen molar-refractivity contribution in [1.29, 1.82) is 0 Å². The second-order valence-corrected chi connectivity index (χ2v) is 5.05. The Kier molecular flexibility index (Phi) is 8.25. The van der Waals surface area contributed by atoms with E-state index in [1.54, 1.807) is 11.8 Å². The first kappa shape index (κ1) is 15.8. The summed E-state index contributed by atoms with van der Waals surface area (Å²) in [6.07, 6.45) is 12.1. The Morgan fingerprint density at radius 1 is 0.941 bits per heavy atom. The highest BCUT2D eigenvalue weighted by Crippen LogP contribution is 2.28. The highest BCUT2D eigenvalue weighted by molar-refractivity contribution is 8.07. The van der Waals surface area contributed by atoms with E-state index in [1.807, 2.05) is 26.0 Å². The second-order valence-electron chi connectivity index (χ2n) is 3.90. The molecule has 0 N–H and O–H groups in total. The number of allylic oxidation sites excluding steroid dienone is 8. The van der Waals surface area contributed by atoms with Gasteiger partial charge in [0.25, 0.3) is 0 Å². The van der Waals surface area contributed by atoms with Crippen LogP contribution in [0.3, 0.4) is 0 Å². The molecule has 0 atom stereocenters. The summed E-state index contributed by atoms with van der Waals surface area (Å²) >= 11 is 1.71. The normalized spacial score (nSPS) is 13.3. The van der Waals surface area contributed by atoms with Gasteiger partial charge in [0, 0.05) is 9.81 Å². The predicted molar refractivity (Wildman–Crippen MR) is 83.0 cm³/mol. The van der Waals surface area contributed by atoms with Gasteiger partial charge in [0.05, 0.1) is 0 Å². The zero-order chi connectivity index (χ0) is 13.3. The van der Waals surface area contributed by atoms with E-state index in [4.69, 9.17) is 0 Å². The predicted octanol–water partition coefficient (Wildman–Crippen LogP) is 5.79. The van der Waals surface area contributed by atoms with Gasteiger partial charge in [-0.2, -0.15) is 0 Å². The van der Waals surface area contributed by atoms with E-state index in [1.165, 1.54) is 10.5 Å². The molecular formula is C16H22S. The fourth-order valence-electron chi connectivity index (χ4n) is 0.984. The SMILES string of the molecule is C=C/C(C)=C\C(=C/C)S/C(C=C)=C/C=C(C)C. The maximum absolute atomic E-state index is 3.84. The first-order valence-electron chi connectivity index (χ1n) is 5.66.